The molecule has 0 spiro atoms. The van der Waals surface area contributed by atoms with Crippen molar-refractivity contribution in [2.75, 3.05) is 20.3 Å². The number of methoxy groups -OCH3 is 1. The highest BCUT2D eigenvalue weighted by Crippen LogP contribution is 2.13. The third kappa shape index (κ3) is 5.71. The van der Waals surface area contributed by atoms with Crippen LogP contribution >= 0.6 is 0 Å². The summed E-state index contributed by atoms with van der Waals surface area (Å²) < 4.78 is 10.7. The molecule has 0 aliphatic carbocycles. The first-order valence-corrected chi connectivity index (χ1v) is 6.20. The molecule has 17 heavy (non-hydrogen) atoms. The number of hydrogen-bond donors (Lipinski definition) is 1. The van der Waals surface area contributed by atoms with Gasteiger partial charge < -0.3 is 14.8 Å². The zero-order valence-corrected chi connectivity index (χ0v) is 11.0. The van der Waals surface area contributed by atoms with Gasteiger partial charge in [0.05, 0.1) is 13.2 Å². The number of ether oxygens (including phenoxy) is 2. The molecule has 1 aromatic carbocycles. The van der Waals surface area contributed by atoms with Gasteiger partial charge >= 0.3 is 0 Å². The highest BCUT2D eigenvalue weighted by Gasteiger charge is 2.01. The van der Waals surface area contributed by atoms with E-state index in [1.807, 2.05) is 12.1 Å². The monoisotopic (exact) mass is 237 g/mol. The van der Waals surface area contributed by atoms with E-state index >= 15 is 0 Å². The van der Waals surface area contributed by atoms with Crippen LogP contribution in [-0.4, -0.2) is 26.4 Å². The van der Waals surface area contributed by atoms with Crippen LogP contribution in [0.4, 0.5) is 0 Å². The Morgan fingerprint density at radius 1 is 1.35 bits per heavy atom. The minimum absolute atomic E-state index is 0.361. The third-order valence-electron chi connectivity index (χ3n) is 2.44. The van der Waals surface area contributed by atoms with E-state index in [0.717, 1.165) is 31.9 Å². The lowest BCUT2D eigenvalue weighted by molar-refractivity contribution is 0.171. The molecule has 1 rings (SSSR count). The van der Waals surface area contributed by atoms with E-state index in [9.17, 15) is 0 Å². The topological polar surface area (TPSA) is 30.5 Å². The van der Waals surface area contributed by atoms with Crippen molar-refractivity contribution in [1.29, 1.82) is 0 Å². The quantitative estimate of drug-likeness (QED) is 0.754. The summed E-state index contributed by atoms with van der Waals surface area (Å²) in [5.41, 5.74) is 1.24. The molecule has 3 nitrogen and oxygen atoms in total. The molecule has 0 radical (unpaired) electrons. The van der Waals surface area contributed by atoms with Crippen molar-refractivity contribution in [3.05, 3.63) is 29.8 Å². The maximum atomic E-state index is 5.60. The van der Waals surface area contributed by atoms with Gasteiger partial charge in [0.2, 0.25) is 0 Å². The maximum absolute atomic E-state index is 5.60. The first kappa shape index (κ1) is 14.0. The van der Waals surface area contributed by atoms with Gasteiger partial charge in [0, 0.05) is 19.7 Å². The molecule has 0 fully saturated rings. The van der Waals surface area contributed by atoms with Crippen LogP contribution in [0.25, 0.3) is 0 Å². The van der Waals surface area contributed by atoms with Gasteiger partial charge in [-0.25, -0.2) is 0 Å². The number of nitrogens with one attached hydrogen (secondary N) is 1. The van der Waals surface area contributed by atoms with E-state index in [1.165, 1.54) is 5.56 Å². The predicted octanol–water partition coefficient (Wildman–Crippen LogP) is 2.60. The Balaban J connectivity index is 2.42. The van der Waals surface area contributed by atoms with E-state index in [4.69, 9.17) is 9.47 Å². The molecule has 1 unspecified atom stereocenters. The van der Waals surface area contributed by atoms with Crippen LogP contribution < -0.4 is 10.1 Å². The fourth-order valence-electron chi connectivity index (χ4n) is 1.57. The standard InChI is InChI=1S/C14H23NO2/c1-4-8-17-14-7-5-6-13(9-14)10-15-12(2)11-16-3/h5-7,9,12,15H,4,8,10-11H2,1-3H3. The lowest BCUT2D eigenvalue weighted by atomic mass is 10.2. The Bertz CT molecular complexity index is 315. The Labute approximate surface area is 104 Å². The SMILES string of the molecule is CCCOc1cccc(CNC(C)COC)c1. The molecular formula is C14H23NO2. The normalized spacial score (nSPS) is 12.4. The Morgan fingerprint density at radius 3 is 2.88 bits per heavy atom. The minimum Gasteiger partial charge on any atom is -0.494 e. The molecule has 0 aliphatic rings. The fraction of sp³-hybridized carbons (Fsp3) is 0.571. The van der Waals surface area contributed by atoms with Crippen molar-refractivity contribution in [3.8, 4) is 5.75 Å². The van der Waals surface area contributed by atoms with Crippen molar-refractivity contribution in [2.45, 2.75) is 32.9 Å². The van der Waals surface area contributed by atoms with Crippen LogP contribution in [0, 0.1) is 0 Å². The van der Waals surface area contributed by atoms with Crippen LogP contribution in [-0.2, 0) is 11.3 Å². The third-order valence-corrected chi connectivity index (χ3v) is 2.44. The summed E-state index contributed by atoms with van der Waals surface area (Å²) in [5, 5.41) is 3.40. The summed E-state index contributed by atoms with van der Waals surface area (Å²) >= 11 is 0. The van der Waals surface area contributed by atoms with E-state index in [1.54, 1.807) is 7.11 Å². The summed E-state index contributed by atoms with van der Waals surface area (Å²) in [7, 11) is 1.72. The van der Waals surface area contributed by atoms with Crippen LogP contribution in [0.1, 0.15) is 25.8 Å². The summed E-state index contributed by atoms with van der Waals surface area (Å²) in [5.74, 6) is 0.950. The highest BCUT2D eigenvalue weighted by molar-refractivity contribution is 5.28. The predicted molar refractivity (Wildman–Crippen MR) is 70.4 cm³/mol. The molecule has 96 valence electrons. The van der Waals surface area contributed by atoms with Crippen LogP contribution in [0.15, 0.2) is 24.3 Å². The molecule has 0 heterocycles. The van der Waals surface area contributed by atoms with E-state index < -0.39 is 0 Å². The van der Waals surface area contributed by atoms with E-state index in [0.29, 0.717) is 6.04 Å². The number of rotatable bonds is 8. The highest BCUT2D eigenvalue weighted by atomic mass is 16.5. The Kier molecular flexibility index (Phi) is 6.67. The number of benzene rings is 1. The van der Waals surface area contributed by atoms with Gasteiger partial charge in [0.15, 0.2) is 0 Å². The van der Waals surface area contributed by atoms with Gasteiger partial charge in [0.1, 0.15) is 5.75 Å². The molecule has 3 heteroatoms. The molecule has 0 amide bonds. The second-order valence-corrected chi connectivity index (χ2v) is 4.23. The summed E-state index contributed by atoms with van der Waals surface area (Å²) in [6.07, 6.45) is 1.04. The van der Waals surface area contributed by atoms with Gasteiger partial charge in [-0.05, 0) is 31.0 Å². The second kappa shape index (κ2) is 8.09. The van der Waals surface area contributed by atoms with Crippen molar-refractivity contribution in [1.82, 2.24) is 5.32 Å². The first-order chi connectivity index (χ1) is 8.26. The molecular weight excluding hydrogens is 214 g/mol. The van der Waals surface area contributed by atoms with Crippen molar-refractivity contribution in [2.24, 2.45) is 0 Å². The smallest absolute Gasteiger partial charge is 0.119 e. The minimum atomic E-state index is 0.361. The molecule has 0 aliphatic heterocycles. The molecule has 1 N–H and O–H groups in total. The molecule has 1 atom stereocenters. The van der Waals surface area contributed by atoms with Gasteiger partial charge in [-0.2, -0.15) is 0 Å². The molecule has 0 aromatic heterocycles. The fourth-order valence-corrected chi connectivity index (χ4v) is 1.57. The van der Waals surface area contributed by atoms with Gasteiger partial charge in [0.25, 0.3) is 0 Å². The lowest BCUT2D eigenvalue weighted by Gasteiger charge is -2.13. The average Bonchev–Trinajstić information content (AvgIpc) is 2.35. The number of hydrogen-bond acceptors (Lipinski definition) is 3. The van der Waals surface area contributed by atoms with Gasteiger partial charge in [-0.1, -0.05) is 19.1 Å². The zero-order valence-electron chi connectivity index (χ0n) is 11.0. The van der Waals surface area contributed by atoms with Crippen LogP contribution in [0.3, 0.4) is 0 Å². The maximum Gasteiger partial charge on any atom is 0.119 e. The second-order valence-electron chi connectivity index (χ2n) is 4.23. The Hall–Kier alpha value is -1.06. The largest absolute Gasteiger partial charge is 0.494 e. The Morgan fingerprint density at radius 2 is 2.18 bits per heavy atom. The summed E-state index contributed by atoms with van der Waals surface area (Å²) in [6.45, 7) is 6.57. The van der Waals surface area contributed by atoms with Crippen molar-refractivity contribution in [3.63, 3.8) is 0 Å². The van der Waals surface area contributed by atoms with Gasteiger partial charge in [-0.15, -0.1) is 0 Å². The average molecular weight is 237 g/mol. The van der Waals surface area contributed by atoms with Crippen molar-refractivity contribution >= 4 is 0 Å². The van der Waals surface area contributed by atoms with Gasteiger partial charge in [-0.3, -0.25) is 0 Å². The van der Waals surface area contributed by atoms with Crippen LogP contribution in [0.5, 0.6) is 5.75 Å². The molecule has 0 saturated carbocycles. The summed E-state index contributed by atoms with van der Waals surface area (Å²) in [4.78, 5) is 0. The first-order valence-electron chi connectivity index (χ1n) is 6.20. The van der Waals surface area contributed by atoms with E-state index in [-0.39, 0.29) is 0 Å². The zero-order chi connectivity index (χ0) is 12.5. The van der Waals surface area contributed by atoms with E-state index in [2.05, 4.69) is 31.3 Å². The molecule has 1 aromatic rings. The molecule has 0 saturated heterocycles. The van der Waals surface area contributed by atoms with Crippen LogP contribution in [0.2, 0.25) is 0 Å². The summed E-state index contributed by atoms with van der Waals surface area (Å²) in [6, 6.07) is 8.58. The lowest BCUT2D eigenvalue weighted by Crippen LogP contribution is -2.29. The molecule has 0 bridgehead atoms. The van der Waals surface area contributed by atoms with Crippen molar-refractivity contribution < 1.29 is 9.47 Å².